The fourth-order valence-corrected chi connectivity index (χ4v) is 3.72. The first-order valence-electron chi connectivity index (χ1n) is 10.3. The summed E-state index contributed by atoms with van der Waals surface area (Å²) in [7, 11) is 0. The van der Waals surface area contributed by atoms with Gasteiger partial charge < -0.3 is 14.4 Å². The van der Waals surface area contributed by atoms with E-state index in [1.165, 1.54) is 10.8 Å². The van der Waals surface area contributed by atoms with Crippen molar-refractivity contribution in [3.63, 3.8) is 0 Å². The van der Waals surface area contributed by atoms with Crippen molar-refractivity contribution in [2.24, 2.45) is 0 Å². The molecule has 4 rings (SSSR count). The van der Waals surface area contributed by atoms with E-state index in [-0.39, 0.29) is 11.4 Å². The molecule has 0 spiro atoms. The predicted molar refractivity (Wildman–Crippen MR) is 124 cm³/mol. The van der Waals surface area contributed by atoms with Crippen LogP contribution in [0.2, 0.25) is 0 Å². The van der Waals surface area contributed by atoms with Gasteiger partial charge in [0.1, 0.15) is 6.10 Å². The molecule has 0 amide bonds. The van der Waals surface area contributed by atoms with E-state index in [0.29, 0.717) is 11.8 Å². The molecule has 0 saturated carbocycles. The van der Waals surface area contributed by atoms with Gasteiger partial charge in [-0.15, -0.1) is 0 Å². The van der Waals surface area contributed by atoms with Crippen LogP contribution in [-0.4, -0.2) is 21.9 Å². The molecule has 4 aromatic rings. The van der Waals surface area contributed by atoms with Crippen LogP contribution in [0.15, 0.2) is 108 Å². The summed E-state index contributed by atoms with van der Waals surface area (Å²) in [5.41, 5.74) is 1.55. The number of hydrogen-bond acceptors (Lipinski definition) is 4. The molecule has 1 atom stereocenters. The van der Waals surface area contributed by atoms with E-state index in [1.807, 2.05) is 60.7 Å². The molecule has 6 nitrogen and oxygen atoms in total. The Kier molecular flexibility index (Phi) is 6.45. The molecule has 33 heavy (non-hydrogen) atoms. The zero-order valence-electron chi connectivity index (χ0n) is 17.6. The molecular weight excluding hydrogens is 418 g/mol. The summed E-state index contributed by atoms with van der Waals surface area (Å²) in [6.07, 6.45) is 1.17. The molecule has 1 N–H and O–H groups in total. The molecule has 0 bridgehead atoms. The molecule has 0 aliphatic carbocycles. The number of nitrogens with zero attached hydrogens (tertiary/aromatic N) is 1. The number of carboxylic acid groups (broad SMARTS) is 1. The van der Waals surface area contributed by atoms with Crippen LogP contribution in [0.3, 0.4) is 0 Å². The quantitative estimate of drug-likeness (QED) is 0.409. The van der Waals surface area contributed by atoms with Crippen molar-refractivity contribution in [3.05, 3.63) is 136 Å². The highest BCUT2D eigenvalue weighted by molar-refractivity contribution is 5.79. The zero-order chi connectivity index (χ0) is 23.2. The van der Waals surface area contributed by atoms with E-state index >= 15 is 0 Å². The van der Waals surface area contributed by atoms with Crippen LogP contribution in [0.5, 0.6) is 5.75 Å². The summed E-state index contributed by atoms with van der Waals surface area (Å²) in [4.78, 5) is 36.7. The van der Waals surface area contributed by atoms with Crippen molar-refractivity contribution in [3.8, 4) is 5.75 Å². The van der Waals surface area contributed by atoms with Crippen molar-refractivity contribution in [2.45, 2.75) is 12.1 Å². The maximum atomic E-state index is 12.8. The number of pyridine rings is 1. The first-order valence-corrected chi connectivity index (χ1v) is 10.3. The Morgan fingerprint density at radius 2 is 1.30 bits per heavy atom. The Hall–Kier alpha value is -4.45. The lowest BCUT2D eigenvalue weighted by atomic mass is 10.0. The van der Waals surface area contributed by atoms with E-state index in [1.54, 1.807) is 30.3 Å². The summed E-state index contributed by atoms with van der Waals surface area (Å²) in [5, 5.41) is 9.94. The second-order valence-electron chi connectivity index (χ2n) is 7.42. The maximum absolute atomic E-state index is 12.8. The fourth-order valence-electron chi connectivity index (χ4n) is 3.72. The predicted octanol–water partition coefficient (Wildman–Crippen LogP) is 4.50. The van der Waals surface area contributed by atoms with Gasteiger partial charge in [-0.3, -0.25) is 9.59 Å². The molecule has 0 unspecified atom stereocenters. The highest BCUT2D eigenvalue weighted by Crippen LogP contribution is 2.28. The maximum Gasteiger partial charge on any atom is 0.331 e. The van der Waals surface area contributed by atoms with Crippen LogP contribution < -0.4 is 10.2 Å². The van der Waals surface area contributed by atoms with E-state index in [2.05, 4.69) is 0 Å². The van der Waals surface area contributed by atoms with E-state index in [9.17, 15) is 19.5 Å². The van der Waals surface area contributed by atoms with Gasteiger partial charge in [-0.2, -0.15) is 0 Å². The van der Waals surface area contributed by atoms with E-state index in [0.717, 1.165) is 17.2 Å². The lowest BCUT2D eigenvalue weighted by Crippen LogP contribution is -2.26. The number of carbonyl (C=O) groups excluding carboxylic acids is 1. The molecular formula is C27H21NO5. The topological polar surface area (TPSA) is 85.6 Å². The fraction of sp³-hybridized carbons (Fsp3) is 0.0741. The van der Waals surface area contributed by atoms with Gasteiger partial charge in [0.25, 0.3) is 0 Å². The first kappa shape index (κ1) is 21.8. The van der Waals surface area contributed by atoms with Crippen LogP contribution in [-0.2, 0) is 4.79 Å². The number of hydrogen-bond donors (Lipinski definition) is 1. The minimum absolute atomic E-state index is 0.0551. The van der Waals surface area contributed by atoms with Gasteiger partial charge in [-0.1, -0.05) is 91.0 Å². The number of benzene rings is 3. The molecule has 0 radical (unpaired) electrons. The average Bonchev–Trinajstić information content (AvgIpc) is 2.85. The van der Waals surface area contributed by atoms with Crippen molar-refractivity contribution < 1.29 is 19.4 Å². The molecule has 1 heterocycles. The molecule has 0 fully saturated rings. The van der Waals surface area contributed by atoms with Gasteiger partial charge in [0.2, 0.25) is 5.43 Å². The number of carbonyl (C=O) groups is 2. The number of carboxylic acids is 1. The highest BCUT2D eigenvalue weighted by Gasteiger charge is 2.25. The van der Waals surface area contributed by atoms with Crippen molar-refractivity contribution in [1.29, 1.82) is 0 Å². The first-order chi connectivity index (χ1) is 16.1. The lowest BCUT2D eigenvalue weighted by Gasteiger charge is -2.23. The molecule has 0 aliphatic heterocycles. The third kappa shape index (κ3) is 4.75. The number of aldehydes is 1. The second-order valence-corrected chi connectivity index (χ2v) is 7.42. The SMILES string of the molecule is O=Cc1cc(=O)c(OC(c2ccccc2)c2ccccc2)cn1[C@H](C(=O)O)c1ccccc1. The molecule has 0 saturated heterocycles. The second kappa shape index (κ2) is 9.78. The summed E-state index contributed by atoms with van der Waals surface area (Å²) < 4.78 is 7.44. The number of ether oxygens (including phenoxy) is 1. The van der Waals surface area contributed by atoms with Gasteiger partial charge in [-0.05, 0) is 16.7 Å². The highest BCUT2D eigenvalue weighted by atomic mass is 16.5. The Bertz CT molecular complexity index is 1260. The Morgan fingerprint density at radius 1 is 0.818 bits per heavy atom. The smallest absolute Gasteiger partial charge is 0.331 e. The minimum atomic E-state index is -1.21. The lowest BCUT2D eigenvalue weighted by molar-refractivity contribution is -0.139. The van der Waals surface area contributed by atoms with Gasteiger partial charge in [0.15, 0.2) is 18.1 Å². The molecule has 3 aromatic carbocycles. The normalized spacial score (nSPS) is 11.7. The van der Waals surface area contributed by atoms with Crippen molar-refractivity contribution >= 4 is 12.3 Å². The number of aromatic nitrogens is 1. The summed E-state index contributed by atoms with van der Waals surface area (Å²) in [6, 6.07) is 27.2. The van der Waals surface area contributed by atoms with Gasteiger partial charge in [-0.25, -0.2) is 4.79 Å². The Labute approximate surface area is 190 Å². The van der Waals surface area contributed by atoms with Crippen LogP contribution in [0, 0.1) is 0 Å². The van der Waals surface area contributed by atoms with Crippen LogP contribution in [0.1, 0.15) is 39.3 Å². The van der Waals surface area contributed by atoms with Gasteiger partial charge >= 0.3 is 5.97 Å². The third-order valence-corrected chi connectivity index (χ3v) is 5.27. The number of aliphatic carboxylic acids is 1. The zero-order valence-corrected chi connectivity index (χ0v) is 17.6. The molecule has 164 valence electrons. The van der Waals surface area contributed by atoms with Gasteiger partial charge in [0, 0.05) is 6.07 Å². The van der Waals surface area contributed by atoms with Crippen LogP contribution in [0.25, 0.3) is 0 Å². The monoisotopic (exact) mass is 439 g/mol. The van der Waals surface area contributed by atoms with Gasteiger partial charge in [0.05, 0.1) is 11.9 Å². The standard InChI is InChI=1S/C27H21NO5/c29-18-22-16-23(30)24(17-28(22)25(27(31)32)19-10-4-1-5-11-19)33-26(20-12-6-2-7-13-20)21-14-8-3-9-15-21/h1-18,25-26H,(H,31,32)/t25-/m0/s1. The van der Waals surface area contributed by atoms with E-state index < -0.39 is 23.5 Å². The third-order valence-electron chi connectivity index (χ3n) is 5.27. The molecule has 6 heteroatoms. The molecule has 1 aromatic heterocycles. The largest absolute Gasteiger partial charge is 0.479 e. The van der Waals surface area contributed by atoms with Crippen LogP contribution in [0.4, 0.5) is 0 Å². The van der Waals surface area contributed by atoms with Crippen LogP contribution >= 0.6 is 0 Å². The minimum Gasteiger partial charge on any atom is -0.479 e. The Morgan fingerprint density at radius 3 is 1.76 bits per heavy atom. The van der Waals surface area contributed by atoms with Crippen molar-refractivity contribution in [2.75, 3.05) is 0 Å². The number of rotatable bonds is 8. The van der Waals surface area contributed by atoms with E-state index in [4.69, 9.17) is 4.74 Å². The van der Waals surface area contributed by atoms with Crippen molar-refractivity contribution in [1.82, 2.24) is 4.57 Å². The average molecular weight is 439 g/mol. The molecule has 0 aliphatic rings. The summed E-state index contributed by atoms with van der Waals surface area (Å²) in [6.45, 7) is 0. The summed E-state index contributed by atoms with van der Waals surface area (Å²) >= 11 is 0. The summed E-state index contributed by atoms with van der Waals surface area (Å²) in [5.74, 6) is -1.22. The Balaban J connectivity index is 1.83.